The number of aliphatic hydroxyl groups excluding tert-OH is 1. The van der Waals surface area contributed by atoms with Crippen molar-refractivity contribution in [2.24, 2.45) is 0 Å². The van der Waals surface area contributed by atoms with E-state index in [9.17, 15) is 18.7 Å². The Morgan fingerprint density at radius 2 is 1.76 bits per heavy atom. The number of rotatable bonds is 8. The molecular formula is C28H38F2N8O4. The lowest BCUT2D eigenvalue weighted by Gasteiger charge is -2.39. The molecule has 1 aromatic carbocycles. The quantitative estimate of drug-likeness (QED) is 0.418. The van der Waals surface area contributed by atoms with Gasteiger partial charge in [-0.05, 0) is 52.2 Å². The van der Waals surface area contributed by atoms with Gasteiger partial charge in [0.15, 0.2) is 5.82 Å². The van der Waals surface area contributed by atoms with Gasteiger partial charge in [0.25, 0.3) is 6.43 Å². The number of aliphatic hydroxyl groups is 1. The van der Waals surface area contributed by atoms with Crippen molar-refractivity contribution in [2.75, 3.05) is 62.3 Å². The molecule has 0 unspecified atom stereocenters. The van der Waals surface area contributed by atoms with Gasteiger partial charge in [0, 0.05) is 45.4 Å². The molecule has 4 heterocycles. The Morgan fingerprint density at radius 3 is 2.43 bits per heavy atom. The van der Waals surface area contributed by atoms with Crippen molar-refractivity contribution >= 4 is 29.0 Å². The zero-order chi connectivity index (χ0) is 29.9. The van der Waals surface area contributed by atoms with Crippen molar-refractivity contribution in [3.63, 3.8) is 0 Å². The van der Waals surface area contributed by atoms with Crippen molar-refractivity contribution in [2.45, 2.75) is 58.1 Å². The van der Waals surface area contributed by atoms with Gasteiger partial charge >= 0.3 is 6.09 Å². The van der Waals surface area contributed by atoms with Gasteiger partial charge in [-0.2, -0.15) is 15.0 Å². The topological polar surface area (TPSA) is 122 Å². The average Bonchev–Trinajstić information content (AvgIpc) is 3.37. The highest BCUT2D eigenvalue weighted by atomic mass is 19.3. The lowest BCUT2D eigenvalue weighted by Crippen LogP contribution is -2.49. The van der Waals surface area contributed by atoms with E-state index >= 15 is 0 Å². The summed E-state index contributed by atoms with van der Waals surface area (Å²) < 4.78 is 40.9. The molecule has 0 aliphatic carbocycles. The minimum Gasteiger partial charge on any atom is -0.444 e. The molecule has 2 aliphatic rings. The van der Waals surface area contributed by atoms with E-state index in [2.05, 4.69) is 9.97 Å². The smallest absolute Gasteiger partial charge is 0.410 e. The monoisotopic (exact) mass is 588 g/mol. The number of para-hydroxylation sites is 2. The molecule has 0 bridgehead atoms. The number of ether oxygens (including phenoxy) is 2. The molecule has 12 nitrogen and oxygen atoms in total. The van der Waals surface area contributed by atoms with E-state index in [0.717, 1.165) is 0 Å². The standard InChI is InChI=1S/C28H38F2N8O4/c1-28(2,3)42-27(40)36-12-9-19(10-13-36)37(11-6-16-39)25-32-24(35-14-17-41-18-15-35)33-26(34-25)38-21-8-5-4-7-20(21)31-23(38)22(29)30/h4-5,7-8,19,22,39H,6,9-18H2,1-3H3. The Kier molecular flexibility index (Phi) is 9.02. The van der Waals surface area contributed by atoms with E-state index in [1.165, 1.54) is 4.57 Å². The van der Waals surface area contributed by atoms with Gasteiger partial charge in [-0.25, -0.2) is 18.6 Å². The van der Waals surface area contributed by atoms with Crippen LogP contribution >= 0.6 is 0 Å². The minimum absolute atomic E-state index is 0.0385. The Morgan fingerprint density at radius 1 is 1.07 bits per heavy atom. The number of likely N-dealkylation sites (tertiary alicyclic amines) is 1. The van der Waals surface area contributed by atoms with Crippen LogP contribution in [0.15, 0.2) is 24.3 Å². The Hall–Kier alpha value is -3.65. The molecule has 1 amide bonds. The van der Waals surface area contributed by atoms with Gasteiger partial charge in [-0.15, -0.1) is 0 Å². The normalized spacial score (nSPS) is 16.8. The molecule has 5 rings (SSSR count). The average molecular weight is 589 g/mol. The predicted octanol–water partition coefficient (Wildman–Crippen LogP) is 3.57. The fourth-order valence-corrected chi connectivity index (χ4v) is 5.25. The molecule has 3 aromatic rings. The number of hydrogen-bond acceptors (Lipinski definition) is 10. The highest BCUT2D eigenvalue weighted by molar-refractivity contribution is 5.77. The van der Waals surface area contributed by atoms with Crippen molar-refractivity contribution < 1.29 is 28.2 Å². The second-order valence-corrected chi connectivity index (χ2v) is 11.4. The second kappa shape index (κ2) is 12.7. The molecule has 2 fully saturated rings. The second-order valence-electron chi connectivity index (χ2n) is 11.4. The maximum absolute atomic E-state index is 14.3. The van der Waals surface area contributed by atoms with Crippen LogP contribution in [0, 0.1) is 0 Å². The minimum atomic E-state index is -2.85. The van der Waals surface area contributed by atoms with E-state index < -0.39 is 17.9 Å². The molecule has 0 atom stereocenters. The number of fused-ring (bicyclic) bond motifs is 1. The summed E-state index contributed by atoms with van der Waals surface area (Å²) in [7, 11) is 0. The summed E-state index contributed by atoms with van der Waals surface area (Å²) in [4.78, 5) is 36.7. The van der Waals surface area contributed by atoms with Crippen molar-refractivity contribution in [3.8, 4) is 5.95 Å². The first-order valence-electron chi connectivity index (χ1n) is 14.3. The highest BCUT2D eigenvalue weighted by Crippen LogP contribution is 2.30. The maximum atomic E-state index is 14.3. The van der Waals surface area contributed by atoms with Gasteiger partial charge in [0.2, 0.25) is 17.8 Å². The Labute approximate surface area is 243 Å². The lowest BCUT2D eigenvalue weighted by molar-refractivity contribution is 0.0204. The summed E-state index contributed by atoms with van der Waals surface area (Å²) in [6, 6.07) is 6.83. The molecule has 2 aromatic heterocycles. The fourth-order valence-electron chi connectivity index (χ4n) is 5.25. The van der Waals surface area contributed by atoms with Crippen LogP contribution in [0.3, 0.4) is 0 Å². The fraction of sp³-hybridized carbons (Fsp3) is 0.607. The van der Waals surface area contributed by atoms with E-state index in [1.54, 1.807) is 29.2 Å². The molecule has 14 heteroatoms. The summed E-state index contributed by atoms with van der Waals surface area (Å²) in [5.74, 6) is 0.277. The molecule has 1 N–H and O–H groups in total. The number of morpholine rings is 1. The number of aromatic nitrogens is 5. The van der Waals surface area contributed by atoms with Crippen LogP contribution in [0.2, 0.25) is 0 Å². The van der Waals surface area contributed by atoms with Crippen LogP contribution in [-0.2, 0) is 9.47 Å². The van der Waals surface area contributed by atoms with E-state index in [-0.39, 0.29) is 24.7 Å². The molecule has 0 saturated carbocycles. The third-order valence-corrected chi connectivity index (χ3v) is 7.25. The number of benzene rings is 1. The van der Waals surface area contributed by atoms with Crippen LogP contribution in [0.5, 0.6) is 0 Å². The number of imidazole rings is 1. The molecule has 2 saturated heterocycles. The van der Waals surface area contributed by atoms with Gasteiger partial charge < -0.3 is 29.3 Å². The third-order valence-electron chi connectivity index (χ3n) is 7.25. The molecule has 2 aliphatic heterocycles. The number of piperidine rings is 1. The Balaban J connectivity index is 1.53. The Bertz CT molecular complexity index is 1370. The van der Waals surface area contributed by atoms with Crippen LogP contribution in [0.25, 0.3) is 17.0 Å². The van der Waals surface area contributed by atoms with Gasteiger partial charge in [-0.1, -0.05) is 12.1 Å². The maximum Gasteiger partial charge on any atom is 0.410 e. The van der Waals surface area contributed by atoms with Crippen molar-refractivity contribution in [3.05, 3.63) is 30.1 Å². The summed E-state index contributed by atoms with van der Waals surface area (Å²) in [6.45, 7) is 8.92. The van der Waals surface area contributed by atoms with Crippen LogP contribution in [0.4, 0.5) is 25.5 Å². The van der Waals surface area contributed by atoms with Crippen LogP contribution < -0.4 is 9.80 Å². The molecular weight excluding hydrogens is 550 g/mol. The number of hydrogen-bond donors (Lipinski definition) is 1. The van der Waals surface area contributed by atoms with Crippen LogP contribution in [-0.4, -0.2) is 105 Å². The molecule has 42 heavy (non-hydrogen) atoms. The first kappa shape index (κ1) is 29.8. The van der Waals surface area contributed by atoms with Crippen molar-refractivity contribution in [1.29, 1.82) is 0 Å². The first-order chi connectivity index (χ1) is 20.1. The summed E-state index contributed by atoms with van der Waals surface area (Å²) >= 11 is 0. The number of amides is 1. The summed E-state index contributed by atoms with van der Waals surface area (Å²) in [5, 5.41) is 9.70. The number of carbonyl (C=O) groups is 1. The zero-order valence-electron chi connectivity index (χ0n) is 24.2. The van der Waals surface area contributed by atoms with Gasteiger partial charge in [-0.3, -0.25) is 4.57 Å². The zero-order valence-corrected chi connectivity index (χ0v) is 24.2. The number of alkyl halides is 2. The van der Waals surface area contributed by atoms with E-state index in [4.69, 9.17) is 19.4 Å². The predicted molar refractivity (Wildman–Crippen MR) is 152 cm³/mol. The van der Waals surface area contributed by atoms with Crippen LogP contribution in [0.1, 0.15) is 52.3 Å². The molecule has 0 spiro atoms. The number of carbonyl (C=O) groups excluding carboxylic acids is 1. The van der Waals surface area contributed by atoms with Gasteiger partial charge in [0.1, 0.15) is 5.60 Å². The van der Waals surface area contributed by atoms with Crippen molar-refractivity contribution in [1.82, 2.24) is 29.4 Å². The largest absolute Gasteiger partial charge is 0.444 e. The summed E-state index contributed by atoms with van der Waals surface area (Å²) in [6.07, 6.45) is -1.52. The molecule has 228 valence electrons. The van der Waals surface area contributed by atoms with E-state index in [0.29, 0.717) is 88.1 Å². The number of anilines is 2. The number of nitrogens with zero attached hydrogens (tertiary/aromatic N) is 8. The number of halogens is 2. The third kappa shape index (κ3) is 6.70. The highest BCUT2D eigenvalue weighted by Gasteiger charge is 2.32. The SMILES string of the molecule is CC(C)(C)OC(=O)N1CCC(N(CCCO)c2nc(N3CCOCC3)nc(-n3c(C(F)F)nc4ccccc43)n2)CC1. The lowest BCUT2D eigenvalue weighted by atomic mass is 10.0. The van der Waals surface area contributed by atoms with Gasteiger partial charge in [0.05, 0.1) is 24.2 Å². The molecule has 0 radical (unpaired) electrons. The summed E-state index contributed by atoms with van der Waals surface area (Å²) in [5.41, 5.74) is 0.284. The van der Waals surface area contributed by atoms with E-state index in [1.807, 2.05) is 30.6 Å². The first-order valence-corrected chi connectivity index (χ1v) is 14.3.